The molecule has 0 aliphatic carbocycles. The monoisotopic (exact) mass is 273 g/mol. The molecule has 0 unspecified atom stereocenters. The van der Waals surface area contributed by atoms with Crippen LogP contribution in [0.2, 0.25) is 0 Å². The quantitative estimate of drug-likeness (QED) is 0.904. The molecule has 3 rings (SSSR count). The van der Waals surface area contributed by atoms with Crippen molar-refractivity contribution in [3.05, 3.63) is 29.3 Å². The summed E-state index contributed by atoms with van der Waals surface area (Å²) in [6.45, 7) is 4.33. The van der Waals surface area contributed by atoms with Gasteiger partial charge in [0.05, 0.1) is 6.54 Å². The van der Waals surface area contributed by atoms with Gasteiger partial charge in [0.1, 0.15) is 0 Å². The van der Waals surface area contributed by atoms with Crippen LogP contribution < -0.4 is 10.2 Å². The van der Waals surface area contributed by atoms with Crippen LogP contribution >= 0.6 is 0 Å². The van der Waals surface area contributed by atoms with E-state index >= 15 is 0 Å². The lowest BCUT2D eigenvalue weighted by atomic mass is 9.98. The standard InChI is InChI=1S/C16H23N3O/c1-18(12-16(20)19-9-2-3-10-19)15-6-4-5-13-11-17-8-7-14(13)15/h4-6,17H,2-3,7-12H2,1H3. The molecule has 4 heteroatoms. The molecular weight excluding hydrogens is 250 g/mol. The van der Waals surface area contributed by atoms with Gasteiger partial charge in [-0.15, -0.1) is 0 Å². The molecule has 1 saturated heterocycles. The smallest absolute Gasteiger partial charge is 0.242 e. The maximum absolute atomic E-state index is 12.3. The molecule has 2 aliphatic heterocycles. The predicted octanol–water partition coefficient (Wildman–Crippen LogP) is 1.39. The first-order valence-electron chi connectivity index (χ1n) is 7.56. The Morgan fingerprint density at radius 3 is 2.95 bits per heavy atom. The number of nitrogens with zero attached hydrogens (tertiary/aromatic N) is 2. The first-order chi connectivity index (χ1) is 9.75. The van der Waals surface area contributed by atoms with E-state index in [0.29, 0.717) is 6.54 Å². The van der Waals surface area contributed by atoms with Gasteiger partial charge in [-0.2, -0.15) is 0 Å². The van der Waals surface area contributed by atoms with Gasteiger partial charge in [0.15, 0.2) is 0 Å². The van der Waals surface area contributed by atoms with Crippen molar-refractivity contribution in [2.45, 2.75) is 25.8 Å². The van der Waals surface area contributed by atoms with Gasteiger partial charge in [0.25, 0.3) is 0 Å². The van der Waals surface area contributed by atoms with Crippen LogP contribution in [0.5, 0.6) is 0 Å². The zero-order chi connectivity index (χ0) is 13.9. The zero-order valence-electron chi connectivity index (χ0n) is 12.2. The van der Waals surface area contributed by atoms with E-state index in [-0.39, 0.29) is 5.91 Å². The lowest BCUT2D eigenvalue weighted by Gasteiger charge is -2.28. The number of nitrogens with one attached hydrogen (secondary N) is 1. The molecule has 0 atom stereocenters. The van der Waals surface area contributed by atoms with Crippen LogP contribution in [0.3, 0.4) is 0 Å². The number of fused-ring (bicyclic) bond motifs is 1. The van der Waals surface area contributed by atoms with Crippen molar-refractivity contribution in [2.24, 2.45) is 0 Å². The second-order valence-corrected chi connectivity index (χ2v) is 5.79. The molecule has 1 fully saturated rings. The maximum atomic E-state index is 12.3. The molecule has 1 amide bonds. The highest BCUT2D eigenvalue weighted by Crippen LogP contribution is 2.26. The summed E-state index contributed by atoms with van der Waals surface area (Å²) in [6.07, 6.45) is 3.36. The van der Waals surface area contributed by atoms with Gasteiger partial charge in [-0.3, -0.25) is 4.79 Å². The van der Waals surface area contributed by atoms with Crippen LogP contribution in [0.1, 0.15) is 24.0 Å². The Kier molecular flexibility index (Phi) is 3.92. The van der Waals surface area contributed by atoms with Crippen LogP contribution in [0.25, 0.3) is 0 Å². The number of anilines is 1. The Morgan fingerprint density at radius 1 is 1.35 bits per heavy atom. The van der Waals surface area contributed by atoms with Gasteiger partial charge in [0.2, 0.25) is 5.91 Å². The van der Waals surface area contributed by atoms with E-state index in [9.17, 15) is 4.79 Å². The zero-order valence-corrected chi connectivity index (χ0v) is 12.2. The number of hydrogen-bond acceptors (Lipinski definition) is 3. The van der Waals surface area contributed by atoms with Gasteiger partial charge in [0, 0.05) is 32.4 Å². The topological polar surface area (TPSA) is 35.6 Å². The molecule has 2 heterocycles. The minimum Gasteiger partial charge on any atom is -0.365 e. The van der Waals surface area contributed by atoms with Gasteiger partial charge in [-0.1, -0.05) is 12.1 Å². The first-order valence-corrected chi connectivity index (χ1v) is 7.56. The van der Waals surface area contributed by atoms with Gasteiger partial charge in [-0.25, -0.2) is 0 Å². The third-order valence-electron chi connectivity index (χ3n) is 4.36. The highest BCUT2D eigenvalue weighted by Gasteiger charge is 2.21. The molecule has 108 valence electrons. The van der Waals surface area contributed by atoms with Gasteiger partial charge >= 0.3 is 0 Å². The molecule has 0 spiro atoms. The summed E-state index contributed by atoms with van der Waals surface area (Å²) < 4.78 is 0. The molecule has 1 N–H and O–H groups in total. The molecule has 0 saturated carbocycles. The fourth-order valence-corrected chi connectivity index (χ4v) is 3.22. The Morgan fingerprint density at radius 2 is 2.15 bits per heavy atom. The van der Waals surface area contributed by atoms with Crippen molar-refractivity contribution in [3.8, 4) is 0 Å². The Balaban J connectivity index is 1.73. The van der Waals surface area contributed by atoms with Crippen LogP contribution in [-0.2, 0) is 17.8 Å². The summed E-state index contributed by atoms with van der Waals surface area (Å²) in [5, 5.41) is 3.40. The van der Waals surface area contributed by atoms with E-state index in [1.807, 2.05) is 11.9 Å². The van der Waals surface area contributed by atoms with Gasteiger partial charge < -0.3 is 15.1 Å². The van der Waals surface area contributed by atoms with Crippen molar-refractivity contribution in [2.75, 3.05) is 38.1 Å². The third-order valence-corrected chi connectivity index (χ3v) is 4.36. The van der Waals surface area contributed by atoms with Crippen molar-refractivity contribution >= 4 is 11.6 Å². The highest BCUT2D eigenvalue weighted by molar-refractivity contribution is 5.82. The van der Waals surface area contributed by atoms with E-state index in [4.69, 9.17) is 0 Å². The summed E-state index contributed by atoms with van der Waals surface area (Å²) in [4.78, 5) is 16.4. The van der Waals surface area contributed by atoms with Gasteiger partial charge in [-0.05, 0) is 43.0 Å². The van der Waals surface area contributed by atoms with E-state index in [2.05, 4.69) is 28.4 Å². The summed E-state index contributed by atoms with van der Waals surface area (Å²) in [6, 6.07) is 6.42. The Bertz CT molecular complexity index is 494. The number of likely N-dealkylation sites (N-methyl/N-ethyl adjacent to an activating group) is 1. The number of hydrogen-bond donors (Lipinski definition) is 1. The minimum atomic E-state index is 0.261. The molecule has 0 aromatic heterocycles. The summed E-state index contributed by atoms with van der Waals surface area (Å²) >= 11 is 0. The van der Waals surface area contributed by atoms with Crippen molar-refractivity contribution in [1.82, 2.24) is 10.2 Å². The lowest BCUT2D eigenvalue weighted by molar-refractivity contribution is -0.128. The second-order valence-electron chi connectivity index (χ2n) is 5.79. The van der Waals surface area contributed by atoms with Crippen LogP contribution in [0.15, 0.2) is 18.2 Å². The molecule has 4 nitrogen and oxygen atoms in total. The van der Waals surface area contributed by atoms with Crippen LogP contribution in [-0.4, -0.2) is 44.0 Å². The van der Waals surface area contributed by atoms with Crippen LogP contribution in [0.4, 0.5) is 5.69 Å². The van der Waals surface area contributed by atoms with E-state index < -0.39 is 0 Å². The number of amides is 1. The minimum absolute atomic E-state index is 0.261. The number of carbonyl (C=O) groups is 1. The number of rotatable bonds is 3. The fraction of sp³-hybridized carbons (Fsp3) is 0.562. The number of likely N-dealkylation sites (tertiary alicyclic amines) is 1. The highest BCUT2D eigenvalue weighted by atomic mass is 16.2. The second kappa shape index (κ2) is 5.83. The first kappa shape index (κ1) is 13.4. The van der Waals surface area contributed by atoms with E-state index in [1.54, 1.807) is 0 Å². The maximum Gasteiger partial charge on any atom is 0.242 e. The molecule has 1 aromatic rings. The Hall–Kier alpha value is -1.55. The van der Waals surface area contributed by atoms with Crippen molar-refractivity contribution in [1.29, 1.82) is 0 Å². The van der Waals surface area contributed by atoms with Crippen molar-refractivity contribution < 1.29 is 4.79 Å². The third kappa shape index (κ3) is 2.66. The lowest BCUT2D eigenvalue weighted by Crippen LogP contribution is -2.38. The Labute approximate surface area is 120 Å². The molecule has 20 heavy (non-hydrogen) atoms. The fourth-order valence-electron chi connectivity index (χ4n) is 3.22. The summed E-state index contributed by atoms with van der Waals surface area (Å²) in [5.74, 6) is 0.261. The van der Waals surface area contributed by atoms with Crippen molar-refractivity contribution in [3.63, 3.8) is 0 Å². The molecule has 2 aliphatic rings. The molecule has 0 radical (unpaired) electrons. The van der Waals surface area contributed by atoms with Crippen LogP contribution in [0, 0.1) is 0 Å². The van der Waals surface area contributed by atoms with E-state index in [0.717, 1.165) is 45.4 Å². The summed E-state index contributed by atoms with van der Waals surface area (Å²) in [5.41, 5.74) is 3.99. The van der Waals surface area contributed by atoms with E-state index in [1.165, 1.54) is 16.8 Å². The number of carbonyl (C=O) groups excluding carboxylic acids is 1. The molecule has 0 bridgehead atoms. The molecule has 1 aromatic carbocycles. The normalized spacial score (nSPS) is 17.9. The molecular formula is C16H23N3O. The SMILES string of the molecule is CN(CC(=O)N1CCCC1)c1cccc2c1CCNC2. The average molecular weight is 273 g/mol. The largest absolute Gasteiger partial charge is 0.365 e. The average Bonchev–Trinajstić information content (AvgIpc) is 3.01. The predicted molar refractivity (Wildman–Crippen MR) is 80.9 cm³/mol. The summed E-state index contributed by atoms with van der Waals surface area (Å²) in [7, 11) is 2.03. The number of benzene rings is 1.